The molecular weight excluding hydrogens is 310 g/mol. The maximum atomic E-state index is 12.4. The lowest BCUT2D eigenvalue weighted by Crippen LogP contribution is -2.34. The van der Waals surface area contributed by atoms with Crippen LogP contribution < -0.4 is 0 Å². The molecule has 1 aromatic heterocycles. The zero-order chi connectivity index (χ0) is 17.3. The highest BCUT2D eigenvalue weighted by molar-refractivity contribution is 6.31. The van der Waals surface area contributed by atoms with Gasteiger partial charge in [0.2, 0.25) is 5.91 Å². The molecule has 0 spiro atoms. The molecule has 2 aromatic rings. The Balaban J connectivity index is 2.36. The van der Waals surface area contributed by atoms with Gasteiger partial charge in [-0.2, -0.15) is 5.10 Å². The first kappa shape index (κ1) is 17.5. The molecule has 0 atom stereocenters. The van der Waals surface area contributed by atoms with Gasteiger partial charge in [0.1, 0.15) is 0 Å². The number of amides is 1. The molecule has 0 aliphatic rings. The summed E-state index contributed by atoms with van der Waals surface area (Å²) in [7, 11) is 1.84. The molecule has 2 rings (SSSR count). The average molecular weight is 334 g/mol. The standard InChI is InChI=1S/C18H24ClN3O/c1-11(2)21(6)18(23)10-16-13(4)20-22(14(16)5)15-8-7-12(3)17(19)9-15/h7-9,11H,10H2,1-6H3. The molecule has 4 nitrogen and oxygen atoms in total. The Morgan fingerprint density at radius 2 is 1.96 bits per heavy atom. The molecule has 1 aromatic carbocycles. The molecule has 0 aliphatic heterocycles. The van der Waals surface area contributed by atoms with Crippen LogP contribution in [0.5, 0.6) is 0 Å². The number of carbonyl (C=O) groups excluding carboxylic acids is 1. The predicted octanol–water partition coefficient (Wildman–Crippen LogP) is 3.86. The summed E-state index contributed by atoms with van der Waals surface area (Å²) in [4.78, 5) is 14.1. The summed E-state index contributed by atoms with van der Waals surface area (Å²) in [6.45, 7) is 9.92. The van der Waals surface area contributed by atoms with E-state index in [1.54, 1.807) is 4.90 Å². The maximum absolute atomic E-state index is 12.4. The number of hydrogen-bond donors (Lipinski definition) is 0. The van der Waals surface area contributed by atoms with Crippen LogP contribution >= 0.6 is 11.6 Å². The molecule has 0 saturated heterocycles. The van der Waals surface area contributed by atoms with Gasteiger partial charge in [-0.1, -0.05) is 17.7 Å². The van der Waals surface area contributed by atoms with Crippen LogP contribution in [0, 0.1) is 20.8 Å². The lowest BCUT2D eigenvalue weighted by atomic mass is 10.1. The Labute approximate surface area is 143 Å². The first-order chi connectivity index (χ1) is 10.7. The van der Waals surface area contributed by atoms with Crippen molar-refractivity contribution in [2.75, 3.05) is 7.05 Å². The van der Waals surface area contributed by atoms with Crippen molar-refractivity contribution in [3.05, 3.63) is 45.7 Å². The van der Waals surface area contributed by atoms with Gasteiger partial charge in [0.25, 0.3) is 0 Å². The summed E-state index contributed by atoms with van der Waals surface area (Å²) in [5.74, 6) is 0.104. The van der Waals surface area contributed by atoms with Crippen molar-refractivity contribution >= 4 is 17.5 Å². The van der Waals surface area contributed by atoms with Crippen molar-refractivity contribution in [2.45, 2.75) is 47.1 Å². The summed E-state index contributed by atoms with van der Waals surface area (Å²) >= 11 is 6.22. The summed E-state index contributed by atoms with van der Waals surface area (Å²) in [5, 5.41) is 5.31. The summed E-state index contributed by atoms with van der Waals surface area (Å²) in [6, 6.07) is 6.06. The summed E-state index contributed by atoms with van der Waals surface area (Å²) in [5.41, 5.74) is 4.79. The minimum atomic E-state index is 0.104. The molecule has 0 N–H and O–H groups in total. The molecule has 5 heteroatoms. The van der Waals surface area contributed by atoms with E-state index in [4.69, 9.17) is 11.6 Å². The highest BCUT2D eigenvalue weighted by Gasteiger charge is 2.19. The first-order valence-electron chi connectivity index (χ1n) is 7.79. The van der Waals surface area contributed by atoms with E-state index in [1.807, 2.05) is 64.5 Å². The van der Waals surface area contributed by atoms with Crippen LogP contribution in [0.1, 0.15) is 36.4 Å². The molecule has 1 heterocycles. The predicted molar refractivity (Wildman–Crippen MR) is 94.4 cm³/mol. The smallest absolute Gasteiger partial charge is 0.227 e. The molecule has 124 valence electrons. The second kappa shape index (κ2) is 6.75. The quantitative estimate of drug-likeness (QED) is 0.852. The Kier molecular flexibility index (Phi) is 5.15. The van der Waals surface area contributed by atoms with Crippen LogP contribution in [0.15, 0.2) is 18.2 Å². The van der Waals surface area contributed by atoms with E-state index >= 15 is 0 Å². The molecule has 1 amide bonds. The average Bonchev–Trinajstić information content (AvgIpc) is 2.77. The number of aromatic nitrogens is 2. The Bertz CT molecular complexity index is 734. The normalized spacial score (nSPS) is 11.1. The highest BCUT2D eigenvalue weighted by atomic mass is 35.5. The highest BCUT2D eigenvalue weighted by Crippen LogP contribution is 2.23. The van der Waals surface area contributed by atoms with Gasteiger partial charge in [0.05, 0.1) is 17.8 Å². The summed E-state index contributed by atoms with van der Waals surface area (Å²) < 4.78 is 1.86. The van der Waals surface area contributed by atoms with E-state index in [0.29, 0.717) is 11.4 Å². The Morgan fingerprint density at radius 3 is 2.52 bits per heavy atom. The van der Waals surface area contributed by atoms with E-state index in [-0.39, 0.29) is 11.9 Å². The number of aryl methyl sites for hydroxylation is 2. The maximum Gasteiger partial charge on any atom is 0.227 e. The van der Waals surface area contributed by atoms with Crippen molar-refractivity contribution in [1.29, 1.82) is 0 Å². The topological polar surface area (TPSA) is 38.1 Å². The molecule has 0 radical (unpaired) electrons. The Morgan fingerprint density at radius 1 is 1.30 bits per heavy atom. The number of benzene rings is 1. The van der Waals surface area contributed by atoms with Crippen LogP contribution in [0.4, 0.5) is 0 Å². The van der Waals surface area contributed by atoms with Gasteiger partial charge in [0.15, 0.2) is 0 Å². The van der Waals surface area contributed by atoms with E-state index in [0.717, 1.165) is 28.2 Å². The fraction of sp³-hybridized carbons (Fsp3) is 0.444. The lowest BCUT2D eigenvalue weighted by Gasteiger charge is -2.21. The number of likely N-dealkylation sites (N-methyl/N-ethyl adjacent to an activating group) is 1. The van der Waals surface area contributed by atoms with Crippen LogP contribution in [-0.2, 0) is 11.2 Å². The lowest BCUT2D eigenvalue weighted by molar-refractivity contribution is -0.130. The molecule has 0 saturated carbocycles. The molecule has 23 heavy (non-hydrogen) atoms. The zero-order valence-corrected chi connectivity index (χ0v) is 15.4. The minimum absolute atomic E-state index is 0.104. The third kappa shape index (κ3) is 3.58. The second-order valence-electron chi connectivity index (χ2n) is 6.27. The third-order valence-corrected chi connectivity index (χ3v) is 4.74. The second-order valence-corrected chi connectivity index (χ2v) is 6.68. The number of carbonyl (C=O) groups is 1. The molecule has 0 bridgehead atoms. The molecular formula is C18H24ClN3O. The van der Waals surface area contributed by atoms with Gasteiger partial charge < -0.3 is 4.90 Å². The SMILES string of the molecule is Cc1ccc(-n2nc(C)c(CC(=O)N(C)C(C)C)c2C)cc1Cl. The van der Waals surface area contributed by atoms with Gasteiger partial charge in [0, 0.05) is 29.4 Å². The minimum Gasteiger partial charge on any atom is -0.343 e. The van der Waals surface area contributed by atoms with E-state index in [9.17, 15) is 4.79 Å². The van der Waals surface area contributed by atoms with Crippen molar-refractivity contribution in [3.8, 4) is 5.69 Å². The number of nitrogens with zero attached hydrogens (tertiary/aromatic N) is 3. The largest absolute Gasteiger partial charge is 0.343 e. The van der Waals surface area contributed by atoms with Crippen LogP contribution in [-0.4, -0.2) is 33.7 Å². The number of halogens is 1. The molecule has 0 unspecified atom stereocenters. The van der Waals surface area contributed by atoms with Crippen molar-refractivity contribution in [1.82, 2.24) is 14.7 Å². The monoisotopic (exact) mass is 333 g/mol. The van der Waals surface area contributed by atoms with E-state index in [2.05, 4.69) is 5.10 Å². The van der Waals surface area contributed by atoms with Crippen LogP contribution in [0.3, 0.4) is 0 Å². The van der Waals surface area contributed by atoms with Crippen molar-refractivity contribution in [3.63, 3.8) is 0 Å². The molecule has 0 aliphatic carbocycles. The van der Waals surface area contributed by atoms with Gasteiger partial charge in [-0.05, 0) is 52.3 Å². The zero-order valence-electron chi connectivity index (χ0n) is 14.6. The van der Waals surface area contributed by atoms with Gasteiger partial charge >= 0.3 is 0 Å². The first-order valence-corrected chi connectivity index (χ1v) is 8.17. The number of hydrogen-bond acceptors (Lipinski definition) is 2. The molecule has 0 fully saturated rings. The van der Waals surface area contributed by atoms with Crippen molar-refractivity contribution in [2.24, 2.45) is 0 Å². The fourth-order valence-electron chi connectivity index (χ4n) is 2.46. The van der Waals surface area contributed by atoms with Gasteiger partial charge in [-0.15, -0.1) is 0 Å². The summed E-state index contributed by atoms with van der Waals surface area (Å²) in [6.07, 6.45) is 0.367. The van der Waals surface area contributed by atoms with Gasteiger partial charge in [-0.3, -0.25) is 4.79 Å². The number of rotatable bonds is 4. The van der Waals surface area contributed by atoms with Crippen molar-refractivity contribution < 1.29 is 4.79 Å². The Hall–Kier alpha value is -1.81. The van der Waals surface area contributed by atoms with Crippen LogP contribution in [0.2, 0.25) is 5.02 Å². The van der Waals surface area contributed by atoms with E-state index in [1.165, 1.54) is 0 Å². The fourth-order valence-corrected chi connectivity index (χ4v) is 2.63. The van der Waals surface area contributed by atoms with Crippen LogP contribution in [0.25, 0.3) is 5.69 Å². The van der Waals surface area contributed by atoms with Gasteiger partial charge in [-0.25, -0.2) is 4.68 Å². The third-order valence-electron chi connectivity index (χ3n) is 4.34. The van der Waals surface area contributed by atoms with E-state index < -0.39 is 0 Å².